The third kappa shape index (κ3) is 5.04. The molecule has 0 saturated heterocycles. The maximum absolute atomic E-state index is 12.0. The minimum atomic E-state index is -0.0857. The van der Waals surface area contributed by atoms with Crippen LogP contribution in [0.2, 0.25) is 0 Å². The van der Waals surface area contributed by atoms with Gasteiger partial charge in [-0.05, 0) is 37.0 Å². The number of halogens is 1. The summed E-state index contributed by atoms with van der Waals surface area (Å²) in [7, 11) is 3.13. The molecule has 112 valence electrons. The molecule has 1 rings (SSSR count). The van der Waals surface area contributed by atoms with Gasteiger partial charge in [-0.25, -0.2) is 0 Å². The van der Waals surface area contributed by atoms with E-state index in [-0.39, 0.29) is 5.91 Å². The zero-order valence-corrected chi connectivity index (χ0v) is 13.8. The molecule has 20 heavy (non-hydrogen) atoms. The zero-order valence-electron chi connectivity index (χ0n) is 12.2. The summed E-state index contributed by atoms with van der Waals surface area (Å²) in [6, 6.07) is 5.16. The summed E-state index contributed by atoms with van der Waals surface area (Å²) in [5.74, 6) is 1.73. The van der Waals surface area contributed by atoms with Crippen molar-refractivity contribution in [2.45, 2.75) is 19.8 Å². The average Bonchev–Trinajstić information content (AvgIpc) is 2.50. The monoisotopic (exact) mass is 343 g/mol. The minimum absolute atomic E-state index is 0.0857. The van der Waals surface area contributed by atoms with E-state index in [9.17, 15) is 4.79 Å². The van der Waals surface area contributed by atoms with Gasteiger partial charge in [0.1, 0.15) is 0 Å². The van der Waals surface area contributed by atoms with Crippen LogP contribution in [0.1, 0.15) is 30.1 Å². The normalized spacial score (nSPS) is 11.8. The number of alkyl halides is 1. The van der Waals surface area contributed by atoms with Crippen LogP contribution >= 0.6 is 15.9 Å². The van der Waals surface area contributed by atoms with Crippen molar-refractivity contribution < 1.29 is 14.3 Å². The number of hydrogen-bond acceptors (Lipinski definition) is 3. The first-order chi connectivity index (χ1) is 9.62. The lowest BCUT2D eigenvalue weighted by Crippen LogP contribution is -2.24. The van der Waals surface area contributed by atoms with Crippen LogP contribution in [0.4, 0.5) is 0 Å². The highest BCUT2D eigenvalue weighted by Gasteiger charge is 2.10. The topological polar surface area (TPSA) is 47.6 Å². The molecule has 0 bridgehead atoms. The second-order valence-corrected chi connectivity index (χ2v) is 5.37. The molecule has 1 unspecified atom stereocenters. The summed E-state index contributed by atoms with van der Waals surface area (Å²) >= 11 is 3.45. The molecule has 0 radical (unpaired) electrons. The van der Waals surface area contributed by atoms with Crippen LogP contribution in [0.5, 0.6) is 11.5 Å². The number of rotatable bonds is 8. The van der Waals surface area contributed by atoms with Gasteiger partial charge in [0.15, 0.2) is 11.5 Å². The second-order valence-electron chi connectivity index (χ2n) is 4.73. The van der Waals surface area contributed by atoms with E-state index in [1.807, 2.05) is 0 Å². The molecule has 4 nitrogen and oxygen atoms in total. The highest BCUT2D eigenvalue weighted by atomic mass is 79.9. The number of hydrogen-bond donors (Lipinski definition) is 1. The standard InChI is InChI=1S/C15H22BrNO3/c1-11(10-16)5-4-8-17-15(18)12-6-7-13(19-2)14(9-12)20-3/h6-7,9,11H,4-5,8,10H2,1-3H3,(H,17,18). The van der Waals surface area contributed by atoms with E-state index in [4.69, 9.17) is 9.47 Å². The average molecular weight is 344 g/mol. The third-order valence-corrected chi connectivity index (χ3v) is 4.17. The number of amides is 1. The van der Waals surface area contributed by atoms with Crippen LogP contribution in [-0.4, -0.2) is 32.0 Å². The SMILES string of the molecule is COc1ccc(C(=O)NCCCC(C)CBr)cc1OC. The molecule has 5 heteroatoms. The largest absolute Gasteiger partial charge is 0.493 e. The van der Waals surface area contributed by atoms with Gasteiger partial charge in [0.2, 0.25) is 0 Å². The second kappa shape index (κ2) is 8.84. The maximum Gasteiger partial charge on any atom is 0.251 e. The predicted octanol–water partition coefficient (Wildman–Crippen LogP) is 3.24. The molecule has 1 atom stereocenters. The molecule has 0 spiro atoms. The van der Waals surface area contributed by atoms with Crippen molar-refractivity contribution >= 4 is 21.8 Å². The van der Waals surface area contributed by atoms with Gasteiger partial charge in [0.25, 0.3) is 5.91 Å². The van der Waals surface area contributed by atoms with Crippen molar-refractivity contribution in [1.82, 2.24) is 5.32 Å². The Bertz CT molecular complexity index is 437. The van der Waals surface area contributed by atoms with E-state index >= 15 is 0 Å². The molecule has 0 aliphatic heterocycles. The number of benzene rings is 1. The fraction of sp³-hybridized carbons (Fsp3) is 0.533. The first kappa shape index (κ1) is 16.8. The lowest BCUT2D eigenvalue weighted by molar-refractivity contribution is 0.0952. The lowest BCUT2D eigenvalue weighted by atomic mass is 10.1. The lowest BCUT2D eigenvalue weighted by Gasteiger charge is -2.11. The molecular formula is C15H22BrNO3. The van der Waals surface area contributed by atoms with Gasteiger partial charge >= 0.3 is 0 Å². The fourth-order valence-corrected chi connectivity index (χ4v) is 2.13. The van der Waals surface area contributed by atoms with Gasteiger partial charge in [0, 0.05) is 17.4 Å². The van der Waals surface area contributed by atoms with Crippen molar-refractivity contribution in [1.29, 1.82) is 0 Å². The molecule has 0 aliphatic rings. The molecular weight excluding hydrogens is 322 g/mol. The Hall–Kier alpha value is -1.23. The van der Waals surface area contributed by atoms with Crippen LogP contribution in [0, 0.1) is 5.92 Å². The highest BCUT2D eigenvalue weighted by molar-refractivity contribution is 9.09. The molecule has 0 heterocycles. The molecule has 1 aromatic carbocycles. The Kier molecular flexibility index (Phi) is 7.44. The number of carbonyl (C=O) groups excluding carboxylic acids is 1. The van der Waals surface area contributed by atoms with Crippen molar-refractivity contribution in [3.8, 4) is 11.5 Å². The Morgan fingerprint density at radius 2 is 2.00 bits per heavy atom. The summed E-state index contributed by atoms with van der Waals surface area (Å²) < 4.78 is 10.3. The van der Waals surface area contributed by atoms with Crippen LogP contribution in [0.25, 0.3) is 0 Å². The summed E-state index contributed by atoms with van der Waals surface area (Å²) in [4.78, 5) is 12.0. The first-order valence-electron chi connectivity index (χ1n) is 6.68. The van der Waals surface area contributed by atoms with E-state index < -0.39 is 0 Å². The van der Waals surface area contributed by atoms with Gasteiger partial charge in [-0.15, -0.1) is 0 Å². The van der Waals surface area contributed by atoms with Crippen molar-refractivity contribution in [2.75, 3.05) is 26.1 Å². The van der Waals surface area contributed by atoms with Crippen LogP contribution in [0.15, 0.2) is 18.2 Å². The molecule has 1 amide bonds. The Balaban J connectivity index is 2.51. The van der Waals surface area contributed by atoms with E-state index in [1.165, 1.54) is 0 Å². The van der Waals surface area contributed by atoms with Gasteiger partial charge in [-0.1, -0.05) is 22.9 Å². The van der Waals surface area contributed by atoms with Gasteiger partial charge in [-0.3, -0.25) is 4.79 Å². The van der Waals surface area contributed by atoms with E-state index in [1.54, 1.807) is 32.4 Å². The maximum atomic E-state index is 12.0. The molecule has 1 aromatic rings. The zero-order chi connectivity index (χ0) is 15.0. The van der Waals surface area contributed by atoms with Crippen molar-refractivity contribution in [3.63, 3.8) is 0 Å². The smallest absolute Gasteiger partial charge is 0.251 e. The minimum Gasteiger partial charge on any atom is -0.493 e. The first-order valence-corrected chi connectivity index (χ1v) is 7.80. The molecule has 0 saturated carbocycles. The summed E-state index contributed by atoms with van der Waals surface area (Å²) in [6.45, 7) is 2.87. The number of methoxy groups -OCH3 is 2. The predicted molar refractivity (Wildman–Crippen MR) is 84.1 cm³/mol. The Labute approximate surface area is 129 Å². The Morgan fingerprint density at radius 1 is 1.30 bits per heavy atom. The molecule has 0 aromatic heterocycles. The molecule has 0 fully saturated rings. The van der Waals surface area contributed by atoms with Gasteiger partial charge in [-0.2, -0.15) is 0 Å². The van der Waals surface area contributed by atoms with Crippen LogP contribution in [-0.2, 0) is 0 Å². The van der Waals surface area contributed by atoms with E-state index in [0.29, 0.717) is 29.5 Å². The van der Waals surface area contributed by atoms with E-state index in [2.05, 4.69) is 28.2 Å². The number of carbonyl (C=O) groups is 1. The van der Waals surface area contributed by atoms with Crippen molar-refractivity contribution in [3.05, 3.63) is 23.8 Å². The highest BCUT2D eigenvalue weighted by Crippen LogP contribution is 2.27. The summed E-state index contributed by atoms with van der Waals surface area (Å²) in [5, 5.41) is 3.91. The van der Waals surface area contributed by atoms with Gasteiger partial charge < -0.3 is 14.8 Å². The summed E-state index contributed by atoms with van der Waals surface area (Å²) in [6.07, 6.45) is 2.07. The van der Waals surface area contributed by atoms with Crippen LogP contribution in [0.3, 0.4) is 0 Å². The quantitative estimate of drug-likeness (QED) is 0.582. The fourth-order valence-electron chi connectivity index (χ4n) is 1.81. The Morgan fingerprint density at radius 3 is 2.60 bits per heavy atom. The third-order valence-electron chi connectivity index (χ3n) is 3.07. The number of nitrogens with one attached hydrogen (secondary N) is 1. The van der Waals surface area contributed by atoms with Gasteiger partial charge in [0.05, 0.1) is 14.2 Å². The molecule has 1 N–H and O–H groups in total. The molecule has 0 aliphatic carbocycles. The van der Waals surface area contributed by atoms with E-state index in [0.717, 1.165) is 18.2 Å². The van der Waals surface area contributed by atoms with Crippen molar-refractivity contribution in [2.24, 2.45) is 5.92 Å². The summed E-state index contributed by atoms with van der Waals surface area (Å²) in [5.41, 5.74) is 0.580. The van der Waals surface area contributed by atoms with Crippen LogP contribution < -0.4 is 14.8 Å². The number of ether oxygens (including phenoxy) is 2.